The minimum absolute atomic E-state index is 0.522. The summed E-state index contributed by atoms with van der Waals surface area (Å²) in [6.45, 7) is 4.87. The first-order valence-corrected chi connectivity index (χ1v) is 4.78. The molecule has 0 amide bonds. The molecule has 0 radical (unpaired) electrons. The van der Waals surface area contributed by atoms with Crippen molar-refractivity contribution >= 4 is 17.3 Å². The molecule has 72 valence electrons. The number of nitrogens with one attached hydrogen (secondary N) is 1. The molecule has 0 aliphatic rings. The molecule has 0 aromatic heterocycles. The van der Waals surface area contributed by atoms with Gasteiger partial charge in [-0.2, -0.15) is 0 Å². The Labute approximate surface area is 79.7 Å². The molecule has 0 aliphatic heterocycles. The Morgan fingerprint density at radius 2 is 2.33 bits per heavy atom. The maximum absolute atomic E-state index is 5.25. The van der Waals surface area contributed by atoms with Gasteiger partial charge in [-0.1, -0.05) is 13.3 Å². The normalized spacial score (nSPS) is 9.83. The SMILES string of the molecule is CCCCNCC(=S)OCCN. The Hall–Kier alpha value is -0.190. The van der Waals surface area contributed by atoms with E-state index in [4.69, 9.17) is 22.7 Å². The van der Waals surface area contributed by atoms with Gasteiger partial charge in [-0.25, -0.2) is 0 Å². The Balaban J connectivity index is 3.08. The third kappa shape index (κ3) is 7.91. The van der Waals surface area contributed by atoms with Crippen LogP contribution in [0, 0.1) is 0 Å². The van der Waals surface area contributed by atoms with Crippen molar-refractivity contribution < 1.29 is 4.74 Å². The monoisotopic (exact) mass is 190 g/mol. The summed E-state index contributed by atoms with van der Waals surface area (Å²) in [6, 6.07) is 0. The van der Waals surface area contributed by atoms with Gasteiger partial charge in [0, 0.05) is 6.54 Å². The van der Waals surface area contributed by atoms with Crippen molar-refractivity contribution in [1.29, 1.82) is 0 Å². The second-order valence-corrected chi connectivity index (χ2v) is 2.99. The van der Waals surface area contributed by atoms with E-state index in [1.54, 1.807) is 0 Å². The highest BCUT2D eigenvalue weighted by Gasteiger charge is 1.94. The molecule has 0 aromatic rings. The Bertz CT molecular complexity index is 120. The fraction of sp³-hybridized carbons (Fsp3) is 0.875. The van der Waals surface area contributed by atoms with Gasteiger partial charge in [-0.3, -0.25) is 0 Å². The van der Waals surface area contributed by atoms with Crippen LogP contribution in [0.1, 0.15) is 19.8 Å². The third-order valence-corrected chi connectivity index (χ3v) is 1.62. The van der Waals surface area contributed by atoms with E-state index in [-0.39, 0.29) is 0 Å². The molecule has 0 atom stereocenters. The van der Waals surface area contributed by atoms with E-state index < -0.39 is 0 Å². The minimum atomic E-state index is 0.522. The molecular formula is C8H18N2OS. The van der Waals surface area contributed by atoms with Crippen molar-refractivity contribution in [2.24, 2.45) is 5.73 Å². The second kappa shape index (κ2) is 8.90. The Morgan fingerprint density at radius 3 is 2.92 bits per heavy atom. The summed E-state index contributed by atoms with van der Waals surface area (Å²) in [6.07, 6.45) is 2.38. The predicted octanol–water partition coefficient (Wildman–Crippen LogP) is 0.679. The maximum Gasteiger partial charge on any atom is 0.173 e. The lowest BCUT2D eigenvalue weighted by Crippen LogP contribution is -2.25. The summed E-state index contributed by atoms with van der Waals surface area (Å²) in [5.41, 5.74) is 5.25. The number of nitrogens with two attached hydrogens (primary N) is 1. The zero-order chi connectivity index (χ0) is 9.23. The maximum atomic E-state index is 5.25. The Morgan fingerprint density at radius 1 is 1.58 bits per heavy atom. The molecule has 0 saturated carbocycles. The van der Waals surface area contributed by atoms with Crippen LogP contribution >= 0.6 is 12.2 Å². The first kappa shape index (κ1) is 11.8. The standard InChI is InChI=1S/C8H18N2OS/c1-2-3-5-10-7-8(12)11-6-4-9/h10H,2-7,9H2,1H3. The Kier molecular flexibility index (Phi) is 8.76. The van der Waals surface area contributed by atoms with Gasteiger partial charge >= 0.3 is 0 Å². The van der Waals surface area contributed by atoms with Crippen LogP contribution in [0.5, 0.6) is 0 Å². The lowest BCUT2D eigenvalue weighted by Gasteiger charge is -2.06. The van der Waals surface area contributed by atoms with Gasteiger partial charge < -0.3 is 15.8 Å². The van der Waals surface area contributed by atoms with Crippen LogP contribution in [-0.4, -0.2) is 31.3 Å². The molecule has 12 heavy (non-hydrogen) atoms. The summed E-state index contributed by atoms with van der Waals surface area (Å²) in [7, 11) is 0. The smallest absolute Gasteiger partial charge is 0.173 e. The van der Waals surface area contributed by atoms with Crippen molar-refractivity contribution in [2.75, 3.05) is 26.2 Å². The van der Waals surface area contributed by atoms with Crippen molar-refractivity contribution in [3.8, 4) is 0 Å². The van der Waals surface area contributed by atoms with E-state index in [9.17, 15) is 0 Å². The summed E-state index contributed by atoms with van der Waals surface area (Å²) < 4.78 is 5.12. The van der Waals surface area contributed by atoms with Crippen molar-refractivity contribution in [3.05, 3.63) is 0 Å². The molecule has 0 rings (SSSR count). The summed E-state index contributed by atoms with van der Waals surface area (Å²) in [5.74, 6) is 0. The number of rotatable bonds is 7. The lowest BCUT2D eigenvalue weighted by atomic mass is 10.3. The molecule has 0 aliphatic carbocycles. The number of thiocarbonyl (C=S) groups is 1. The molecular weight excluding hydrogens is 172 g/mol. The molecule has 0 aromatic carbocycles. The second-order valence-electron chi connectivity index (χ2n) is 2.54. The van der Waals surface area contributed by atoms with Crippen LogP contribution in [-0.2, 0) is 4.74 Å². The summed E-state index contributed by atoms with van der Waals surface area (Å²) in [4.78, 5) is 0. The van der Waals surface area contributed by atoms with E-state index >= 15 is 0 Å². The van der Waals surface area contributed by atoms with Gasteiger partial charge in [0.15, 0.2) is 5.05 Å². The number of unbranched alkanes of at least 4 members (excludes halogenated alkanes) is 1. The van der Waals surface area contributed by atoms with Crippen molar-refractivity contribution in [2.45, 2.75) is 19.8 Å². The van der Waals surface area contributed by atoms with Gasteiger partial charge in [0.2, 0.25) is 0 Å². The van der Waals surface area contributed by atoms with E-state index in [1.807, 2.05) is 0 Å². The molecule has 4 heteroatoms. The molecule has 0 spiro atoms. The highest BCUT2D eigenvalue weighted by Crippen LogP contribution is 1.84. The quantitative estimate of drug-likeness (QED) is 0.458. The van der Waals surface area contributed by atoms with Crippen molar-refractivity contribution in [3.63, 3.8) is 0 Å². The van der Waals surface area contributed by atoms with E-state index in [0.717, 1.165) is 6.54 Å². The van der Waals surface area contributed by atoms with Gasteiger partial charge in [0.1, 0.15) is 6.61 Å². The van der Waals surface area contributed by atoms with Crippen LogP contribution in [0.25, 0.3) is 0 Å². The summed E-state index contributed by atoms with van der Waals surface area (Å²) in [5, 5.41) is 3.80. The molecule has 0 saturated heterocycles. The number of hydrogen-bond acceptors (Lipinski definition) is 4. The molecule has 3 nitrogen and oxygen atoms in total. The average Bonchev–Trinajstić information content (AvgIpc) is 2.09. The largest absolute Gasteiger partial charge is 0.484 e. The molecule has 0 fully saturated rings. The van der Waals surface area contributed by atoms with Crippen LogP contribution in [0.2, 0.25) is 0 Å². The first-order chi connectivity index (χ1) is 5.81. The van der Waals surface area contributed by atoms with Gasteiger partial charge in [-0.05, 0) is 25.2 Å². The molecule has 0 heterocycles. The highest BCUT2D eigenvalue weighted by molar-refractivity contribution is 7.80. The van der Waals surface area contributed by atoms with Crippen LogP contribution in [0.4, 0.5) is 0 Å². The lowest BCUT2D eigenvalue weighted by molar-refractivity contribution is 0.316. The number of hydrogen-bond donors (Lipinski definition) is 2. The predicted molar refractivity (Wildman–Crippen MR) is 55.4 cm³/mol. The van der Waals surface area contributed by atoms with Gasteiger partial charge in [0.05, 0.1) is 6.54 Å². The molecule has 0 bridgehead atoms. The fourth-order valence-corrected chi connectivity index (χ4v) is 0.901. The summed E-state index contributed by atoms with van der Waals surface area (Å²) >= 11 is 4.93. The zero-order valence-electron chi connectivity index (χ0n) is 7.64. The molecule has 0 unspecified atom stereocenters. The van der Waals surface area contributed by atoms with E-state index in [1.165, 1.54) is 12.8 Å². The number of ether oxygens (including phenoxy) is 1. The average molecular weight is 190 g/mol. The fourth-order valence-electron chi connectivity index (χ4n) is 0.716. The van der Waals surface area contributed by atoms with Crippen LogP contribution in [0.3, 0.4) is 0 Å². The van der Waals surface area contributed by atoms with E-state index in [2.05, 4.69) is 12.2 Å². The topological polar surface area (TPSA) is 47.3 Å². The highest BCUT2D eigenvalue weighted by atomic mass is 32.1. The van der Waals surface area contributed by atoms with Gasteiger partial charge in [-0.15, -0.1) is 0 Å². The third-order valence-electron chi connectivity index (χ3n) is 1.36. The zero-order valence-corrected chi connectivity index (χ0v) is 8.45. The molecule has 3 N–H and O–H groups in total. The van der Waals surface area contributed by atoms with Crippen LogP contribution < -0.4 is 11.1 Å². The van der Waals surface area contributed by atoms with Crippen LogP contribution in [0.15, 0.2) is 0 Å². The van der Waals surface area contributed by atoms with E-state index in [0.29, 0.717) is 24.7 Å². The minimum Gasteiger partial charge on any atom is -0.484 e. The van der Waals surface area contributed by atoms with Crippen molar-refractivity contribution in [1.82, 2.24) is 5.32 Å². The van der Waals surface area contributed by atoms with Gasteiger partial charge in [0.25, 0.3) is 0 Å². The first-order valence-electron chi connectivity index (χ1n) is 4.37.